The van der Waals surface area contributed by atoms with Gasteiger partial charge in [0.1, 0.15) is 11.2 Å². The Balaban J connectivity index is 1.56. The van der Waals surface area contributed by atoms with E-state index in [1.165, 1.54) is 24.3 Å². The summed E-state index contributed by atoms with van der Waals surface area (Å²) in [5.41, 5.74) is 0.151. The fourth-order valence-corrected chi connectivity index (χ4v) is 4.66. The van der Waals surface area contributed by atoms with E-state index in [9.17, 15) is 14.4 Å². The van der Waals surface area contributed by atoms with E-state index in [4.69, 9.17) is 19.3 Å². The Hall–Kier alpha value is -3.75. The predicted molar refractivity (Wildman–Crippen MR) is 126 cm³/mol. The number of ether oxygens (including phenoxy) is 3. The molecule has 0 radical (unpaired) electrons. The Morgan fingerprint density at radius 1 is 1.11 bits per heavy atom. The van der Waals surface area contributed by atoms with Gasteiger partial charge in [-0.1, -0.05) is 33.3 Å². The van der Waals surface area contributed by atoms with Crippen LogP contribution < -0.4 is 19.5 Å². The van der Waals surface area contributed by atoms with Crippen molar-refractivity contribution < 1.29 is 33.7 Å². The zero-order chi connectivity index (χ0) is 25.2. The van der Waals surface area contributed by atoms with Gasteiger partial charge in [-0.25, -0.2) is 14.5 Å². The van der Waals surface area contributed by atoms with E-state index in [1.54, 1.807) is 0 Å². The fraction of sp³-hybridized carbons (Fsp3) is 0.423. The number of carboxylic acid groups (broad SMARTS) is 1. The van der Waals surface area contributed by atoms with Gasteiger partial charge in [0.15, 0.2) is 17.7 Å². The molecular formula is C26H30N2O7. The smallest absolute Gasteiger partial charge is 0.335 e. The third kappa shape index (κ3) is 4.38. The minimum atomic E-state index is -1.04. The van der Waals surface area contributed by atoms with Crippen LogP contribution in [-0.4, -0.2) is 40.9 Å². The Morgan fingerprint density at radius 3 is 2.43 bits per heavy atom. The maximum absolute atomic E-state index is 13.4. The van der Waals surface area contributed by atoms with E-state index in [1.807, 2.05) is 39.0 Å². The van der Waals surface area contributed by atoms with Gasteiger partial charge in [0.25, 0.3) is 0 Å². The zero-order valence-corrected chi connectivity index (χ0v) is 20.1. The van der Waals surface area contributed by atoms with Gasteiger partial charge in [-0.15, -0.1) is 0 Å². The lowest BCUT2D eigenvalue weighted by molar-refractivity contribution is -0.191. The predicted octanol–water partition coefficient (Wildman–Crippen LogP) is 4.72. The lowest BCUT2D eigenvalue weighted by Crippen LogP contribution is -2.73. The maximum atomic E-state index is 13.4. The topological polar surface area (TPSA) is 114 Å². The van der Waals surface area contributed by atoms with Crippen LogP contribution in [0.3, 0.4) is 0 Å². The molecule has 186 valence electrons. The first kappa shape index (κ1) is 24.4. The van der Waals surface area contributed by atoms with Crippen molar-refractivity contribution in [1.29, 1.82) is 0 Å². The number of aromatic carboxylic acids is 1. The van der Waals surface area contributed by atoms with Crippen molar-refractivity contribution in [3.63, 3.8) is 0 Å². The van der Waals surface area contributed by atoms with Crippen LogP contribution in [0, 0.1) is 5.41 Å². The summed E-state index contributed by atoms with van der Waals surface area (Å²) in [5.74, 6) is 0.343. The number of nitrogens with one attached hydrogen (secondary N) is 1. The molecule has 9 heteroatoms. The van der Waals surface area contributed by atoms with Crippen LogP contribution in [0.15, 0.2) is 42.5 Å². The number of amides is 3. The molecule has 3 amide bonds. The van der Waals surface area contributed by atoms with Gasteiger partial charge in [0.05, 0.1) is 11.6 Å². The first-order valence-electron chi connectivity index (χ1n) is 11.9. The van der Waals surface area contributed by atoms with Gasteiger partial charge in [0, 0.05) is 0 Å². The molecule has 2 aromatic rings. The number of fused-ring (bicyclic) bond motifs is 1. The molecule has 1 fully saturated rings. The minimum Gasteiger partial charge on any atom is -0.478 e. The van der Waals surface area contributed by atoms with Crippen LogP contribution in [0.1, 0.15) is 68.4 Å². The number of carboxylic acids is 1. The van der Waals surface area contributed by atoms with E-state index in [2.05, 4.69) is 5.32 Å². The van der Waals surface area contributed by atoms with E-state index in [0.29, 0.717) is 36.5 Å². The number of rotatable bonds is 9. The monoisotopic (exact) mass is 482 g/mol. The van der Waals surface area contributed by atoms with Crippen LogP contribution >= 0.6 is 0 Å². The molecule has 2 N–H and O–H groups in total. The number of carbonyl (C=O) groups is 3. The van der Waals surface area contributed by atoms with Crippen molar-refractivity contribution in [2.75, 3.05) is 6.79 Å². The van der Waals surface area contributed by atoms with E-state index in [0.717, 1.165) is 16.9 Å². The summed E-state index contributed by atoms with van der Waals surface area (Å²) < 4.78 is 17.0. The highest BCUT2D eigenvalue weighted by atomic mass is 16.7. The van der Waals surface area contributed by atoms with Crippen LogP contribution in [0.5, 0.6) is 17.2 Å². The summed E-state index contributed by atoms with van der Waals surface area (Å²) in [5, 5.41) is 12.1. The molecule has 2 aliphatic heterocycles. The third-order valence-corrected chi connectivity index (χ3v) is 6.86. The zero-order valence-electron chi connectivity index (χ0n) is 20.1. The normalized spacial score (nSPS) is 18.5. The van der Waals surface area contributed by atoms with Crippen LogP contribution in [0.4, 0.5) is 4.79 Å². The summed E-state index contributed by atoms with van der Waals surface area (Å²) in [6.07, 6.45) is 1.69. The van der Waals surface area contributed by atoms with Gasteiger partial charge >= 0.3 is 12.0 Å². The molecule has 2 aliphatic rings. The lowest BCUT2D eigenvalue weighted by Gasteiger charge is -2.53. The number of carbonyl (C=O) groups excluding carboxylic acids is 2. The number of benzene rings is 2. The fourth-order valence-electron chi connectivity index (χ4n) is 4.66. The quantitative estimate of drug-likeness (QED) is 0.497. The minimum absolute atomic E-state index is 0.125. The highest BCUT2D eigenvalue weighted by Gasteiger charge is 2.63. The van der Waals surface area contributed by atoms with Crippen molar-refractivity contribution in [3.05, 3.63) is 53.6 Å². The SMILES string of the molecule is CCC[C@@H](NC(=O)N1C(=O)C(CC)(CC)[C@@H]1Oc1ccc(C(=O)O)cc1)c1ccc2c(c1)OCO2. The molecule has 0 unspecified atom stereocenters. The molecule has 4 rings (SSSR count). The number of hydrogen-bond acceptors (Lipinski definition) is 6. The number of urea groups is 1. The van der Waals surface area contributed by atoms with Crippen molar-refractivity contribution >= 4 is 17.9 Å². The summed E-state index contributed by atoms with van der Waals surface area (Å²) >= 11 is 0. The summed E-state index contributed by atoms with van der Waals surface area (Å²) in [7, 11) is 0. The average molecular weight is 483 g/mol. The number of nitrogens with zero attached hydrogens (tertiary/aromatic N) is 1. The molecular weight excluding hydrogens is 452 g/mol. The summed E-state index contributed by atoms with van der Waals surface area (Å²) in [6.45, 7) is 5.97. The Morgan fingerprint density at radius 2 is 1.80 bits per heavy atom. The second-order valence-electron chi connectivity index (χ2n) is 8.74. The molecule has 9 nitrogen and oxygen atoms in total. The van der Waals surface area contributed by atoms with Crippen molar-refractivity contribution in [2.24, 2.45) is 5.41 Å². The van der Waals surface area contributed by atoms with Crippen molar-refractivity contribution in [3.8, 4) is 17.2 Å². The van der Waals surface area contributed by atoms with Gasteiger partial charge < -0.3 is 24.6 Å². The van der Waals surface area contributed by atoms with Crippen molar-refractivity contribution in [1.82, 2.24) is 10.2 Å². The molecule has 0 aliphatic carbocycles. The second kappa shape index (κ2) is 9.85. The van der Waals surface area contributed by atoms with Gasteiger partial charge in [-0.05, 0) is 61.2 Å². The van der Waals surface area contributed by atoms with E-state index in [-0.39, 0.29) is 24.3 Å². The van der Waals surface area contributed by atoms with E-state index < -0.39 is 23.6 Å². The standard InChI is InChI=1S/C26H30N2O7/c1-4-7-19(17-10-13-20-21(14-17)34-15-33-20)27-25(32)28-23(31)26(5-2,6-3)24(28)35-18-11-8-16(9-12-18)22(29)30/h8-14,19,24H,4-7,15H2,1-3H3,(H,27,32)(H,29,30)/t19-,24+/m1/s1. The molecule has 0 bridgehead atoms. The van der Waals surface area contributed by atoms with Crippen LogP contribution in [0.25, 0.3) is 0 Å². The number of β-lactam (4-membered cyclic amide) rings is 1. The Kier molecular flexibility index (Phi) is 6.86. The Bertz CT molecular complexity index is 1110. The Labute approximate surface area is 204 Å². The molecule has 0 spiro atoms. The third-order valence-electron chi connectivity index (χ3n) is 6.86. The first-order chi connectivity index (χ1) is 16.8. The number of imide groups is 1. The van der Waals surface area contributed by atoms with Gasteiger partial charge in [-0.2, -0.15) is 0 Å². The van der Waals surface area contributed by atoms with Crippen LogP contribution in [0.2, 0.25) is 0 Å². The molecule has 2 heterocycles. The summed E-state index contributed by atoms with van der Waals surface area (Å²) in [4.78, 5) is 38.9. The molecule has 0 aromatic heterocycles. The summed E-state index contributed by atoms with van der Waals surface area (Å²) in [6, 6.07) is 10.6. The number of likely N-dealkylation sites (tertiary alicyclic amines) is 1. The number of hydrogen-bond donors (Lipinski definition) is 2. The molecule has 35 heavy (non-hydrogen) atoms. The molecule has 1 saturated heterocycles. The van der Waals surface area contributed by atoms with E-state index >= 15 is 0 Å². The average Bonchev–Trinajstić information content (AvgIpc) is 3.33. The van der Waals surface area contributed by atoms with Gasteiger partial charge in [0.2, 0.25) is 12.7 Å². The molecule has 2 aromatic carbocycles. The van der Waals surface area contributed by atoms with Crippen LogP contribution in [-0.2, 0) is 4.79 Å². The first-order valence-corrected chi connectivity index (χ1v) is 11.9. The molecule has 0 saturated carbocycles. The maximum Gasteiger partial charge on any atom is 0.335 e. The molecule has 2 atom stereocenters. The van der Waals surface area contributed by atoms with Crippen molar-refractivity contribution in [2.45, 2.75) is 58.7 Å². The lowest BCUT2D eigenvalue weighted by atomic mass is 9.72. The highest BCUT2D eigenvalue weighted by Crippen LogP contribution is 2.46. The highest BCUT2D eigenvalue weighted by molar-refractivity contribution is 6.03. The largest absolute Gasteiger partial charge is 0.478 e. The van der Waals surface area contributed by atoms with Gasteiger partial charge in [-0.3, -0.25) is 4.79 Å². The second-order valence-corrected chi connectivity index (χ2v) is 8.74.